The van der Waals surface area contributed by atoms with Crippen molar-refractivity contribution in [3.05, 3.63) is 29.3 Å². The Hall–Kier alpha value is -1.41. The monoisotopic (exact) mass is 346 g/mol. The second kappa shape index (κ2) is 6.24. The zero-order valence-corrected chi connectivity index (χ0v) is 13.2. The van der Waals surface area contributed by atoms with Gasteiger partial charge in [-0.1, -0.05) is 0 Å². The van der Waals surface area contributed by atoms with E-state index in [1.807, 2.05) is 11.8 Å². The number of benzene rings is 1. The van der Waals surface area contributed by atoms with Crippen LogP contribution < -0.4 is 4.90 Å². The minimum absolute atomic E-state index is 0.149. The van der Waals surface area contributed by atoms with Crippen LogP contribution in [0.2, 0.25) is 0 Å². The summed E-state index contributed by atoms with van der Waals surface area (Å²) in [5.41, 5.74) is 0.125. The van der Waals surface area contributed by atoms with Gasteiger partial charge in [-0.3, -0.25) is 9.80 Å². The van der Waals surface area contributed by atoms with Crippen molar-refractivity contribution in [3.63, 3.8) is 0 Å². The molecule has 8 heteroatoms. The van der Waals surface area contributed by atoms with Gasteiger partial charge >= 0.3 is 12.3 Å². The second-order valence-corrected chi connectivity index (χ2v) is 6.88. The molecule has 1 atom stereocenters. The SMILES string of the molecule is O=C(O)N1CC[C@@H](N2CCSCC2)c2cc(C(F)(F)F)ccc21. The van der Waals surface area contributed by atoms with Crippen molar-refractivity contribution in [2.45, 2.75) is 18.6 Å². The van der Waals surface area contributed by atoms with Gasteiger partial charge in [0.05, 0.1) is 11.3 Å². The maximum Gasteiger partial charge on any atom is 0.416 e. The summed E-state index contributed by atoms with van der Waals surface area (Å²) < 4.78 is 39.1. The van der Waals surface area contributed by atoms with Gasteiger partial charge in [0.25, 0.3) is 0 Å². The average molecular weight is 346 g/mol. The number of hydrogen-bond donors (Lipinski definition) is 1. The summed E-state index contributed by atoms with van der Waals surface area (Å²) in [5.74, 6) is 1.90. The van der Waals surface area contributed by atoms with Crippen LogP contribution in [-0.4, -0.2) is 47.2 Å². The van der Waals surface area contributed by atoms with Crippen molar-refractivity contribution >= 4 is 23.5 Å². The molecule has 2 aliphatic heterocycles. The van der Waals surface area contributed by atoms with E-state index in [0.717, 1.165) is 41.6 Å². The largest absolute Gasteiger partial charge is 0.465 e. The lowest BCUT2D eigenvalue weighted by Crippen LogP contribution is -2.43. The molecule has 4 nitrogen and oxygen atoms in total. The van der Waals surface area contributed by atoms with Crippen molar-refractivity contribution in [2.75, 3.05) is 36.0 Å². The summed E-state index contributed by atoms with van der Waals surface area (Å²) in [5, 5.41) is 9.30. The molecule has 2 aliphatic rings. The minimum atomic E-state index is -4.43. The summed E-state index contributed by atoms with van der Waals surface area (Å²) in [4.78, 5) is 14.7. The van der Waals surface area contributed by atoms with Crippen LogP contribution in [0, 0.1) is 0 Å². The summed E-state index contributed by atoms with van der Waals surface area (Å²) >= 11 is 1.83. The molecule has 3 rings (SSSR count). The predicted molar refractivity (Wildman–Crippen MR) is 83.1 cm³/mol. The van der Waals surface area contributed by atoms with Crippen LogP contribution in [0.4, 0.5) is 23.7 Å². The lowest BCUT2D eigenvalue weighted by molar-refractivity contribution is -0.137. The van der Waals surface area contributed by atoms with Crippen LogP contribution in [0.3, 0.4) is 0 Å². The maximum atomic E-state index is 13.0. The number of rotatable bonds is 1. The van der Waals surface area contributed by atoms with Gasteiger partial charge in [0.2, 0.25) is 0 Å². The van der Waals surface area contributed by atoms with Gasteiger partial charge in [-0.15, -0.1) is 0 Å². The first-order valence-electron chi connectivity index (χ1n) is 7.41. The Kier molecular flexibility index (Phi) is 4.46. The lowest BCUT2D eigenvalue weighted by atomic mass is 9.93. The zero-order valence-electron chi connectivity index (χ0n) is 12.3. The molecule has 126 valence electrons. The summed E-state index contributed by atoms with van der Waals surface area (Å²) in [6.45, 7) is 1.94. The Labute approximate surface area is 136 Å². The number of nitrogens with zero attached hydrogens (tertiary/aromatic N) is 2. The first-order chi connectivity index (χ1) is 10.9. The van der Waals surface area contributed by atoms with Gasteiger partial charge in [0.1, 0.15) is 0 Å². The Morgan fingerprint density at radius 1 is 1.22 bits per heavy atom. The van der Waals surface area contributed by atoms with Crippen LogP contribution in [0.25, 0.3) is 0 Å². The third-order valence-corrected chi connectivity index (χ3v) is 5.29. The third kappa shape index (κ3) is 3.28. The molecule has 0 spiro atoms. The molecule has 1 aromatic rings. The van der Waals surface area contributed by atoms with E-state index < -0.39 is 17.8 Å². The number of anilines is 1. The zero-order chi connectivity index (χ0) is 16.6. The van der Waals surface area contributed by atoms with Gasteiger partial charge in [-0.05, 0) is 30.2 Å². The Balaban J connectivity index is 2.02. The molecule has 0 saturated carbocycles. The summed E-state index contributed by atoms with van der Waals surface area (Å²) in [6.07, 6.45) is -5.03. The van der Waals surface area contributed by atoms with Crippen molar-refractivity contribution in [1.29, 1.82) is 0 Å². The van der Waals surface area contributed by atoms with Crippen LogP contribution in [0.15, 0.2) is 18.2 Å². The van der Waals surface area contributed by atoms with E-state index in [-0.39, 0.29) is 6.04 Å². The second-order valence-electron chi connectivity index (χ2n) is 5.66. The molecule has 1 saturated heterocycles. The fraction of sp³-hybridized carbons (Fsp3) is 0.533. The average Bonchev–Trinajstić information content (AvgIpc) is 2.53. The normalized spacial score (nSPS) is 22.7. The quantitative estimate of drug-likeness (QED) is 0.842. The number of carbonyl (C=O) groups is 1. The predicted octanol–water partition coefficient (Wildman–Crippen LogP) is 3.68. The molecule has 1 N–H and O–H groups in total. The van der Waals surface area contributed by atoms with Crippen LogP contribution in [-0.2, 0) is 6.18 Å². The first kappa shape index (κ1) is 16.4. The van der Waals surface area contributed by atoms with Gasteiger partial charge in [-0.2, -0.15) is 24.9 Å². The van der Waals surface area contributed by atoms with E-state index in [2.05, 4.69) is 4.90 Å². The molecule has 2 heterocycles. The number of halogens is 3. The molecule has 0 aliphatic carbocycles. The van der Waals surface area contributed by atoms with Gasteiger partial charge in [-0.25, -0.2) is 4.79 Å². The first-order valence-corrected chi connectivity index (χ1v) is 8.57. The molecule has 1 amide bonds. The molecule has 0 aromatic heterocycles. The van der Waals surface area contributed by atoms with E-state index in [1.165, 1.54) is 6.07 Å². The fourth-order valence-corrected chi connectivity index (χ4v) is 4.17. The fourth-order valence-electron chi connectivity index (χ4n) is 3.24. The molecular weight excluding hydrogens is 329 g/mol. The van der Waals surface area contributed by atoms with E-state index in [9.17, 15) is 23.1 Å². The number of amides is 1. The standard InChI is InChI=1S/C15H17F3N2O2S/c16-15(17,18)10-1-2-13-11(9-10)12(3-4-20(13)14(21)22)19-5-7-23-8-6-19/h1-2,9,12H,3-8H2,(H,21,22)/t12-/m1/s1. The van der Waals surface area contributed by atoms with Crippen molar-refractivity contribution in [2.24, 2.45) is 0 Å². The Morgan fingerprint density at radius 2 is 1.91 bits per heavy atom. The van der Waals surface area contributed by atoms with Crippen LogP contribution in [0.5, 0.6) is 0 Å². The number of fused-ring (bicyclic) bond motifs is 1. The lowest BCUT2D eigenvalue weighted by Gasteiger charge is -2.40. The molecular formula is C15H17F3N2O2S. The highest BCUT2D eigenvalue weighted by Gasteiger charge is 2.36. The Bertz CT molecular complexity index is 603. The molecule has 1 aromatic carbocycles. The van der Waals surface area contributed by atoms with E-state index >= 15 is 0 Å². The topological polar surface area (TPSA) is 43.8 Å². The minimum Gasteiger partial charge on any atom is -0.465 e. The van der Waals surface area contributed by atoms with E-state index in [0.29, 0.717) is 24.2 Å². The van der Waals surface area contributed by atoms with Gasteiger partial charge < -0.3 is 5.11 Å². The molecule has 0 radical (unpaired) electrons. The highest BCUT2D eigenvalue weighted by atomic mass is 32.2. The number of hydrogen-bond acceptors (Lipinski definition) is 3. The van der Waals surface area contributed by atoms with Crippen molar-refractivity contribution in [3.8, 4) is 0 Å². The van der Waals surface area contributed by atoms with Crippen molar-refractivity contribution in [1.82, 2.24) is 4.90 Å². The molecule has 0 bridgehead atoms. The van der Waals surface area contributed by atoms with E-state index in [1.54, 1.807) is 0 Å². The smallest absolute Gasteiger partial charge is 0.416 e. The number of carboxylic acid groups (broad SMARTS) is 1. The highest BCUT2D eigenvalue weighted by Crippen LogP contribution is 2.41. The van der Waals surface area contributed by atoms with E-state index in [4.69, 9.17) is 0 Å². The third-order valence-electron chi connectivity index (χ3n) is 4.35. The van der Waals surface area contributed by atoms with Crippen LogP contribution in [0.1, 0.15) is 23.6 Å². The highest BCUT2D eigenvalue weighted by molar-refractivity contribution is 7.99. The van der Waals surface area contributed by atoms with Gasteiger partial charge in [0, 0.05) is 37.2 Å². The summed E-state index contributed by atoms with van der Waals surface area (Å²) in [7, 11) is 0. The molecule has 0 unspecified atom stereocenters. The number of thioether (sulfide) groups is 1. The van der Waals surface area contributed by atoms with Crippen molar-refractivity contribution < 1.29 is 23.1 Å². The maximum absolute atomic E-state index is 13.0. The number of alkyl halides is 3. The molecule has 1 fully saturated rings. The molecule has 23 heavy (non-hydrogen) atoms. The van der Waals surface area contributed by atoms with Gasteiger partial charge in [0.15, 0.2) is 0 Å². The Morgan fingerprint density at radius 3 is 2.52 bits per heavy atom. The van der Waals surface area contributed by atoms with Crippen LogP contribution >= 0.6 is 11.8 Å². The summed E-state index contributed by atoms with van der Waals surface area (Å²) in [6, 6.07) is 3.22.